The van der Waals surface area contributed by atoms with E-state index in [9.17, 15) is 9.18 Å². The summed E-state index contributed by atoms with van der Waals surface area (Å²) in [5, 5.41) is 3.94. The van der Waals surface area contributed by atoms with E-state index in [1.165, 1.54) is 32.6 Å². The van der Waals surface area contributed by atoms with Crippen LogP contribution >= 0.6 is 0 Å². The Morgan fingerprint density at radius 2 is 1.96 bits per heavy atom. The zero-order chi connectivity index (χ0) is 19.0. The highest BCUT2D eigenvalue weighted by atomic mass is 19.1. The topological polar surface area (TPSA) is 86.8 Å². The van der Waals surface area contributed by atoms with Gasteiger partial charge in [0.15, 0.2) is 17.3 Å². The highest BCUT2D eigenvalue weighted by Gasteiger charge is 2.31. The minimum atomic E-state index is -0.878. The Morgan fingerprint density at radius 3 is 2.74 bits per heavy atom. The fourth-order valence-corrected chi connectivity index (χ4v) is 2.92. The number of para-hydroxylation sites is 1. The molecule has 0 N–H and O–H groups in total. The van der Waals surface area contributed by atoms with Gasteiger partial charge in [0, 0.05) is 11.8 Å². The van der Waals surface area contributed by atoms with E-state index in [2.05, 4.69) is 15.1 Å². The van der Waals surface area contributed by atoms with E-state index >= 15 is 0 Å². The van der Waals surface area contributed by atoms with Crippen LogP contribution in [0.15, 0.2) is 45.9 Å². The summed E-state index contributed by atoms with van der Waals surface area (Å²) >= 11 is 0. The number of ether oxygens (including phenoxy) is 2. The predicted molar refractivity (Wildman–Crippen MR) is 94.5 cm³/mol. The van der Waals surface area contributed by atoms with Crippen LogP contribution in [0.2, 0.25) is 0 Å². The van der Waals surface area contributed by atoms with Gasteiger partial charge < -0.3 is 14.0 Å². The molecule has 0 saturated carbocycles. The average Bonchev–Trinajstić information content (AvgIpc) is 3.17. The van der Waals surface area contributed by atoms with Crippen molar-refractivity contribution < 1.29 is 23.2 Å². The number of aliphatic imine (C=N–C) groups is 1. The third kappa shape index (κ3) is 2.84. The number of hydrogen-bond acceptors (Lipinski definition) is 7. The lowest BCUT2D eigenvalue weighted by atomic mass is 9.94. The van der Waals surface area contributed by atoms with Gasteiger partial charge in [0.25, 0.3) is 0 Å². The van der Waals surface area contributed by atoms with E-state index in [0.29, 0.717) is 22.7 Å². The van der Waals surface area contributed by atoms with Gasteiger partial charge in [-0.05, 0) is 30.3 Å². The molecule has 1 unspecified atom stereocenters. The quantitative estimate of drug-likeness (QED) is 0.701. The SMILES string of the molecule is COc1cccc(-c2noc(C3C=Nc4ccc(F)cc4C3=O)n2)c1OC. The number of carbonyl (C=O) groups is 1. The highest BCUT2D eigenvalue weighted by Crippen LogP contribution is 2.37. The van der Waals surface area contributed by atoms with Crippen LogP contribution in [0.25, 0.3) is 11.4 Å². The van der Waals surface area contributed by atoms with Crippen LogP contribution in [0.1, 0.15) is 22.2 Å². The van der Waals surface area contributed by atoms with Crippen LogP contribution in [-0.2, 0) is 0 Å². The Labute approximate surface area is 153 Å². The summed E-state index contributed by atoms with van der Waals surface area (Å²) in [5.74, 6) is -0.468. The van der Waals surface area contributed by atoms with E-state index < -0.39 is 11.7 Å². The first-order valence-corrected chi connectivity index (χ1v) is 8.05. The molecule has 136 valence electrons. The third-order valence-corrected chi connectivity index (χ3v) is 4.22. The van der Waals surface area contributed by atoms with Gasteiger partial charge in [-0.2, -0.15) is 4.98 Å². The lowest BCUT2D eigenvalue weighted by molar-refractivity contribution is 0.0971. The van der Waals surface area contributed by atoms with Gasteiger partial charge in [0.05, 0.1) is 25.5 Å². The minimum absolute atomic E-state index is 0.0681. The van der Waals surface area contributed by atoms with Crippen molar-refractivity contribution in [2.75, 3.05) is 14.2 Å². The molecule has 0 amide bonds. The van der Waals surface area contributed by atoms with Gasteiger partial charge in [-0.25, -0.2) is 4.39 Å². The molecule has 2 heterocycles. The molecule has 0 radical (unpaired) electrons. The van der Waals surface area contributed by atoms with Crippen molar-refractivity contribution in [1.82, 2.24) is 10.1 Å². The maximum Gasteiger partial charge on any atom is 0.243 e. The van der Waals surface area contributed by atoms with Crippen molar-refractivity contribution in [3.05, 3.63) is 53.7 Å². The fourth-order valence-electron chi connectivity index (χ4n) is 2.92. The molecule has 1 aromatic heterocycles. The normalized spacial score (nSPS) is 15.5. The average molecular weight is 367 g/mol. The standard InChI is InChI=1S/C19H14FN3O4/c1-25-15-5-3-4-11(17(15)26-2)18-22-19(27-23-18)13-9-21-14-7-6-10(20)8-12(14)16(13)24/h3-9,13H,1-2H3. The van der Waals surface area contributed by atoms with Crippen LogP contribution in [0.3, 0.4) is 0 Å². The second-order valence-electron chi connectivity index (χ2n) is 5.78. The number of fused-ring (bicyclic) bond motifs is 1. The Kier molecular flexibility index (Phi) is 4.15. The Morgan fingerprint density at radius 1 is 1.11 bits per heavy atom. The van der Waals surface area contributed by atoms with Gasteiger partial charge in [0.1, 0.15) is 11.7 Å². The number of aromatic nitrogens is 2. The minimum Gasteiger partial charge on any atom is -0.493 e. The summed E-state index contributed by atoms with van der Waals surface area (Å²) in [6.07, 6.45) is 1.42. The third-order valence-electron chi connectivity index (χ3n) is 4.22. The van der Waals surface area contributed by atoms with Crippen molar-refractivity contribution in [3.63, 3.8) is 0 Å². The van der Waals surface area contributed by atoms with Crippen molar-refractivity contribution in [1.29, 1.82) is 0 Å². The predicted octanol–water partition coefficient (Wildman–Crippen LogP) is 3.58. The number of benzene rings is 2. The molecule has 0 saturated heterocycles. The Hall–Kier alpha value is -3.55. The Bertz CT molecular complexity index is 1060. The zero-order valence-corrected chi connectivity index (χ0v) is 14.5. The molecule has 8 heteroatoms. The number of Topliss-reactive ketones (excluding diaryl/α,β-unsaturated/α-hetero) is 1. The molecule has 0 fully saturated rings. The number of rotatable bonds is 4. The van der Waals surface area contributed by atoms with Crippen molar-refractivity contribution in [3.8, 4) is 22.9 Å². The van der Waals surface area contributed by atoms with Crippen molar-refractivity contribution in [2.24, 2.45) is 4.99 Å². The molecular weight excluding hydrogens is 353 g/mol. The molecule has 0 spiro atoms. The smallest absolute Gasteiger partial charge is 0.243 e. The summed E-state index contributed by atoms with van der Waals surface area (Å²) in [5.41, 5.74) is 1.14. The van der Waals surface area contributed by atoms with Gasteiger partial charge in [-0.1, -0.05) is 11.2 Å². The first-order chi connectivity index (χ1) is 13.1. The maximum absolute atomic E-state index is 13.5. The lowest BCUT2D eigenvalue weighted by Crippen LogP contribution is -2.18. The molecule has 7 nitrogen and oxygen atoms in total. The van der Waals surface area contributed by atoms with E-state index in [4.69, 9.17) is 14.0 Å². The first kappa shape index (κ1) is 16.9. The summed E-state index contributed by atoms with van der Waals surface area (Å²) in [6.45, 7) is 0. The number of ketones is 1. The molecule has 2 aromatic carbocycles. The monoisotopic (exact) mass is 367 g/mol. The molecule has 3 aromatic rings. The van der Waals surface area contributed by atoms with Crippen molar-refractivity contribution >= 4 is 17.7 Å². The zero-order valence-electron chi connectivity index (χ0n) is 14.5. The van der Waals surface area contributed by atoms with Crippen LogP contribution in [-0.4, -0.2) is 36.4 Å². The summed E-state index contributed by atoms with van der Waals surface area (Å²) < 4.78 is 29.4. The molecule has 1 aliphatic heterocycles. The van der Waals surface area contributed by atoms with E-state index in [-0.39, 0.29) is 23.1 Å². The first-order valence-electron chi connectivity index (χ1n) is 8.05. The van der Waals surface area contributed by atoms with Gasteiger partial charge in [-0.15, -0.1) is 0 Å². The van der Waals surface area contributed by atoms with Gasteiger partial charge in [-0.3, -0.25) is 9.79 Å². The van der Waals surface area contributed by atoms with Gasteiger partial charge in [0.2, 0.25) is 11.7 Å². The van der Waals surface area contributed by atoms with E-state index in [1.807, 2.05) is 0 Å². The van der Waals surface area contributed by atoms with Crippen LogP contribution in [0, 0.1) is 5.82 Å². The van der Waals surface area contributed by atoms with Crippen LogP contribution in [0.4, 0.5) is 10.1 Å². The molecule has 1 atom stereocenters. The molecule has 0 bridgehead atoms. The maximum atomic E-state index is 13.5. The molecule has 0 aliphatic carbocycles. The van der Waals surface area contributed by atoms with Crippen LogP contribution in [0.5, 0.6) is 11.5 Å². The summed E-state index contributed by atoms with van der Waals surface area (Å²) in [4.78, 5) is 21.2. The molecule has 27 heavy (non-hydrogen) atoms. The molecule has 1 aliphatic rings. The Balaban J connectivity index is 1.71. The second-order valence-corrected chi connectivity index (χ2v) is 5.78. The van der Waals surface area contributed by atoms with E-state index in [1.54, 1.807) is 18.2 Å². The number of methoxy groups -OCH3 is 2. The number of nitrogens with zero attached hydrogens (tertiary/aromatic N) is 3. The largest absolute Gasteiger partial charge is 0.493 e. The lowest BCUT2D eigenvalue weighted by Gasteiger charge is -2.14. The summed E-state index contributed by atoms with van der Waals surface area (Å²) in [7, 11) is 3.03. The van der Waals surface area contributed by atoms with Crippen molar-refractivity contribution in [2.45, 2.75) is 5.92 Å². The summed E-state index contributed by atoms with van der Waals surface area (Å²) in [6, 6.07) is 9.12. The second kappa shape index (κ2) is 6.64. The van der Waals surface area contributed by atoms with Crippen LogP contribution < -0.4 is 9.47 Å². The van der Waals surface area contributed by atoms with Gasteiger partial charge >= 0.3 is 0 Å². The molecule has 4 rings (SSSR count). The number of carbonyl (C=O) groups excluding carboxylic acids is 1. The number of hydrogen-bond donors (Lipinski definition) is 0. The fraction of sp³-hybridized carbons (Fsp3) is 0.158. The number of halogens is 1. The van der Waals surface area contributed by atoms with E-state index in [0.717, 1.165) is 6.07 Å². The molecular formula is C19H14FN3O4. The highest BCUT2D eigenvalue weighted by molar-refractivity contribution is 6.15.